The van der Waals surface area contributed by atoms with E-state index in [1.807, 2.05) is 6.07 Å². The van der Waals surface area contributed by atoms with Crippen LogP contribution in [0, 0.1) is 11.3 Å². The van der Waals surface area contributed by atoms with Gasteiger partial charge in [-0.05, 0) is 18.2 Å². The second-order valence-corrected chi connectivity index (χ2v) is 4.31. The lowest BCUT2D eigenvalue weighted by molar-refractivity contribution is -0.143. The molecule has 0 heterocycles. The number of methoxy groups -OCH3 is 2. The lowest BCUT2D eigenvalue weighted by atomic mass is 10.2. The molecule has 0 fully saturated rings. The summed E-state index contributed by atoms with van der Waals surface area (Å²) in [6, 6.07) is 7.04. The number of carbonyl (C=O) groups excluding carboxylic acids is 2. The first-order valence-electron chi connectivity index (χ1n) is 6.81. The van der Waals surface area contributed by atoms with Crippen LogP contribution < -0.4 is 14.8 Å². The van der Waals surface area contributed by atoms with Crippen molar-refractivity contribution in [3.05, 3.63) is 29.8 Å². The van der Waals surface area contributed by atoms with Crippen molar-refractivity contribution in [3.8, 4) is 17.6 Å². The van der Waals surface area contributed by atoms with Crippen LogP contribution in [0.4, 0.5) is 0 Å². The molecule has 0 saturated heterocycles. The molecule has 0 spiro atoms. The molecule has 0 aliphatic rings. The minimum Gasteiger partial charge on any atom is -0.497 e. The van der Waals surface area contributed by atoms with Crippen LogP contribution in [0.25, 0.3) is 6.08 Å². The Kier molecular flexibility index (Phi) is 7.72. The Morgan fingerprint density at radius 1 is 1.30 bits per heavy atom. The van der Waals surface area contributed by atoms with Gasteiger partial charge in [0.1, 0.15) is 11.5 Å². The van der Waals surface area contributed by atoms with Crippen LogP contribution in [0.3, 0.4) is 0 Å². The Morgan fingerprint density at radius 2 is 2.09 bits per heavy atom. The molecule has 0 radical (unpaired) electrons. The molecule has 0 aliphatic carbocycles. The quantitative estimate of drug-likeness (QED) is 0.440. The molecule has 1 N–H and O–H groups in total. The number of rotatable bonds is 8. The highest BCUT2D eigenvalue weighted by Crippen LogP contribution is 2.25. The molecule has 0 aliphatic heterocycles. The summed E-state index contributed by atoms with van der Waals surface area (Å²) in [7, 11) is 3.05. The number of nitrogens with zero attached hydrogens (tertiary/aromatic N) is 1. The van der Waals surface area contributed by atoms with Crippen molar-refractivity contribution < 1.29 is 23.8 Å². The first kappa shape index (κ1) is 18.0. The first-order valence-corrected chi connectivity index (χ1v) is 6.81. The highest BCUT2D eigenvalue weighted by Gasteiger charge is 2.06. The van der Waals surface area contributed by atoms with E-state index in [2.05, 4.69) is 5.32 Å². The van der Waals surface area contributed by atoms with Crippen LogP contribution in [0.5, 0.6) is 11.5 Å². The Balaban J connectivity index is 2.52. The molecule has 1 rings (SSSR count). The second kappa shape index (κ2) is 9.84. The summed E-state index contributed by atoms with van der Waals surface area (Å²) in [6.07, 6.45) is 2.93. The molecule has 7 nitrogen and oxygen atoms in total. The van der Waals surface area contributed by atoms with E-state index in [1.54, 1.807) is 25.3 Å². The van der Waals surface area contributed by atoms with Crippen molar-refractivity contribution in [2.24, 2.45) is 0 Å². The van der Waals surface area contributed by atoms with Crippen LogP contribution in [0.1, 0.15) is 12.0 Å². The average Bonchev–Trinajstić information content (AvgIpc) is 2.58. The van der Waals surface area contributed by atoms with Gasteiger partial charge in [-0.1, -0.05) is 0 Å². The molecular weight excluding hydrogens is 300 g/mol. The van der Waals surface area contributed by atoms with Gasteiger partial charge in [-0.3, -0.25) is 4.79 Å². The molecular formula is C16H18N2O5. The van der Waals surface area contributed by atoms with Gasteiger partial charge in [-0.15, -0.1) is 0 Å². The number of nitrogens with one attached hydrogen (secondary N) is 1. The third-order valence-electron chi connectivity index (χ3n) is 2.74. The highest BCUT2D eigenvalue weighted by atomic mass is 16.5. The largest absolute Gasteiger partial charge is 0.497 e. The van der Waals surface area contributed by atoms with E-state index in [9.17, 15) is 9.59 Å². The summed E-state index contributed by atoms with van der Waals surface area (Å²) in [6.45, 7) is -0.167. The predicted octanol–water partition coefficient (Wildman–Crippen LogP) is 1.29. The maximum Gasteiger partial charge on any atom is 0.331 e. The van der Waals surface area contributed by atoms with Crippen LogP contribution in [-0.2, 0) is 14.3 Å². The van der Waals surface area contributed by atoms with Crippen molar-refractivity contribution in [1.82, 2.24) is 5.32 Å². The van der Waals surface area contributed by atoms with Gasteiger partial charge in [-0.25, -0.2) is 4.79 Å². The molecule has 0 unspecified atom stereocenters. The zero-order valence-electron chi connectivity index (χ0n) is 13.0. The minimum absolute atomic E-state index is 0.205. The van der Waals surface area contributed by atoms with Crippen molar-refractivity contribution in [2.45, 2.75) is 6.42 Å². The highest BCUT2D eigenvalue weighted by molar-refractivity contribution is 5.89. The molecule has 1 aromatic carbocycles. The standard InChI is InChI=1S/C16H18N2O5/c1-21-13-6-4-12(14(10-13)22-2)5-7-16(20)23-11-15(19)18-9-3-8-17/h4-7,10H,3,9,11H2,1-2H3,(H,18,19)/b7-5+. The van der Waals surface area contributed by atoms with Crippen molar-refractivity contribution in [2.75, 3.05) is 27.4 Å². The van der Waals surface area contributed by atoms with Gasteiger partial charge in [-0.2, -0.15) is 5.26 Å². The van der Waals surface area contributed by atoms with Gasteiger partial charge >= 0.3 is 5.97 Å². The van der Waals surface area contributed by atoms with Crippen LogP contribution in [0.15, 0.2) is 24.3 Å². The van der Waals surface area contributed by atoms with Crippen LogP contribution in [0.2, 0.25) is 0 Å². The monoisotopic (exact) mass is 318 g/mol. The zero-order valence-corrected chi connectivity index (χ0v) is 13.0. The van der Waals surface area contributed by atoms with Gasteiger partial charge < -0.3 is 19.5 Å². The number of benzene rings is 1. The maximum absolute atomic E-state index is 11.6. The van der Waals surface area contributed by atoms with Gasteiger partial charge in [0, 0.05) is 24.3 Å². The molecule has 1 aromatic rings. The van der Waals surface area contributed by atoms with Gasteiger partial charge in [0.25, 0.3) is 5.91 Å². The molecule has 0 atom stereocenters. The molecule has 1 amide bonds. The van der Waals surface area contributed by atoms with Gasteiger partial charge in [0.2, 0.25) is 0 Å². The summed E-state index contributed by atoms with van der Waals surface area (Å²) >= 11 is 0. The number of esters is 1. The van der Waals surface area contributed by atoms with E-state index in [0.29, 0.717) is 17.1 Å². The molecule has 0 saturated carbocycles. The lowest BCUT2D eigenvalue weighted by Crippen LogP contribution is -2.29. The predicted molar refractivity (Wildman–Crippen MR) is 82.8 cm³/mol. The Bertz CT molecular complexity index is 619. The van der Waals surface area contributed by atoms with Gasteiger partial charge in [0.15, 0.2) is 6.61 Å². The summed E-state index contributed by atoms with van der Waals surface area (Å²) in [5.74, 6) is 0.0700. The van der Waals surface area contributed by atoms with E-state index >= 15 is 0 Å². The number of nitriles is 1. The SMILES string of the molecule is COc1ccc(/C=C/C(=O)OCC(=O)NCCC#N)c(OC)c1. The van der Waals surface area contributed by atoms with E-state index in [-0.39, 0.29) is 13.0 Å². The first-order chi connectivity index (χ1) is 11.1. The van der Waals surface area contributed by atoms with Crippen LogP contribution >= 0.6 is 0 Å². The van der Waals surface area contributed by atoms with E-state index in [1.165, 1.54) is 19.3 Å². The minimum atomic E-state index is -0.654. The Hall–Kier alpha value is -3.01. The zero-order chi connectivity index (χ0) is 17.1. The van der Waals surface area contributed by atoms with Gasteiger partial charge in [0.05, 0.1) is 26.7 Å². The number of ether oxygens (including phenoxy) is 3. The van der Waals surface area contributed by atoms with E-state index < -0.39 is 18.5 Å². The molecule has 0 bridgehead atoms. The fourth-order valence-electron chi connectivity index (χ4n) is 1.61. The number of hydrogen-bond donors (Lipinski definition) is 1. The number of hydrogen-bond acceptors (Lipinski definition) is 6. The van der Waals surface area contributed by atoms with Crippen molar-refractivity contribution in [1.29, 1.82) is 5.26 Å². The third kappa shape index (κ3) is 6.52. The smallest absolute Gasteiger partial charge is 0.331 e. The Labute approximate surface area is 134 Å². The van der Waals surface area contributed by atoms with Crippen molar-refractivity contribution >= 4 is 18.0 Å². The normalized spacial score (nSPS) is 9.96. The molecule has 7 heteroatoms. The topological polar surface area (TPSA) is 97.6 Å². The van der Waals surface area contributed by atoms with Crippen molar-refractivity contribution in [3.63, 3.8) is 0 Å². The molecule has 23 heavy (non-hydrogen) atoms. The lowest BCUT2D eigenvalue weighted by Gasteiger charge is -2.07. The van der Waals surface area contributed by atoms with E-state index in [0.717, 1.165) is 0 Å². The maximum atomic E-state index is 11.6. The summed E-state index contributed by atoms with van der Waals surface area (Å²) in [4.78, 5) is 22.9. The summed E-state index contributed by atoms with van der Waals surface area (Å²) in [5, 5.41) is 10.8. The molecule has 122 valence electrons. The summed E-state index contributed by atoms with van der Waals surface area (Å²) in [5.41, 5.74) is 0.670. The Morgan fingerprint density at radius 3 is 2.74 bits per heavy atom. The second-order valence-electron chi connectivity index (χ2n) is 4.31. The van der Waals surface area contributed by atoms with E-state index in [4.69, 9.17) is 19.5 Å². The number of carbonyl (C=O) groups is 2. The average molecular weight is 318 g/mol. The molecule has 0 aromatic heterocycles. The van der Waals surface area contributed by atoms with Crippen LogP contribution in [-0.4, -0.2) is 39.2 Å². The fraction of sp³-hybridized carbons (Fsp3) is 0.312. The number of amides is 1. The third-order valence-corrected chi connectivity index (χ3v) is 2.74. The summed E-state index contributed by atoms with van der Waals surface area (Å²) < 4.78 is 15.1. The fourth-order valence-corrected chi connectivity index (χ4v) is 1.61.